The van der Waals surface area contributed by atoms with Crippen LogP contribution in [-0.2, 0) is 21.4 Å². The van der Waals surface area contributed by atoms with E-state index < -0.39 is 6.04 Å². The van der Waals surface area contributed by atoms with Gasteiger partial charge in [0.25, 0.3) is 0 Å². The molecule has 1 heterocycles. The van der Waals surface area contributed by atoms with E-state index in [4.69, 9.17) is 5.73 Å². The van der Waals surface area contributed by atoms with Crippen LogP contribution in [0.25, 0.3) is 0 Å². The molecular weight excluding hydrogens is 489 g/mol. The van der Waals surface area contributed by atoms with Crippen molar-refractivity contribution in [3.05, 3.63) is 65.7 Å². The molecule has 3 N–H and O–H groups in total. The van der Waals surface area contributed by atoms with Crippen molar-refractivity contribution in [1.82, 2.24) is 10.3 Å². The second-order valence-corrected chi connectivity index (χ2v) is 13.2. The van der Waals surface area contributed by atoms with Gasteiger partial charge in [0, 0.05) is 36.2 Å². The molecule has 1 amide bonds. The van der Waals surface area contributed by atoms with Crippen LogP contribution in [0.2, 0.25) is 0 Å². The summed E-state index contributed by atoms with van der Waals surface area (Å²) in [5.74, 6) is 1.45. The molecule has 3 atom stereocenters. The lowest BCUT2D eigenvalue weighted by molar-refractivity contribution is -0.153. The van der Waals surface area contributed by atoms with Crippen molar-refractivity contribution in [3.63, 3.8) is 0 Å². The summed E-state index contributed by atoms with van der Waals surface area (Å²) >= 11 is 0. The lowest BCUT2D eigenvalue weighted by Gasteiger charge is -2.60. The molecule has 1 aromatic carbocycles. The van der Waals surface area contributed by atoms with E-state index in [0.717, 1.165) is 68.9 Å². The summed E-state index contributed by atoms with van der Waals surface area (Å²) in [6, 6.07) is 10.2. The quantitative estimate of drug-likeness (QED) is 0.440. The van der Waals surface area contributed by atoms with Gasteiger partial charge in [-0.2, -0.15) is 0 Å². The predicted octanol–water partition coefficient (Wildman–Crippen LogP) is 5.51. The summed E-state index contributed by atoms with van der Waals surface area (Å²) in [6.07, 6.45) is 15.5. The number of rotatable bonds is 8. The molecule has 1 aromatic heterocycles. The number of pyridine rings is 1. The SMILES string of the molecule is NC(C(=O)NCC1(c2ccc(F)cc2)CCCCCC1)C1C2CC3CC1CC(C(=O)Cc1ccncc1)(C3)C2. The van der Waals surface area contributed by atoms with Gasteiger partial charge < -0.3 is 11.1 Å². The molecule has 5 saturated carbocycles. The normalized spacial score (nSPS) is 31.8. The highest BCUT2D eigenvalue weighted by Crippen LogP contribution is 2.63. The van der Waals surface area contributed by atoms with E-state index in [-0.39, 0.29) is 28.5 Å². The number of aromatic nitrogens is 1. The smallest absolute Gasteiger partial charge is 0.237 e. The highest BCUT2D eigenvalue weighted by molar-refractivity contribution is 5.87. The zero-order valence-corrected chi connectivity index (χ0v) is 22.9. The fourth-order valence-corrected chi connectivity index (χ4v) is 9.19. The van der Waals surface area contributed by atoms with E-state index >= 15 is 0 Å². The predicted molar refractivity (Wildman–Crippen MR) is 149 cm³/mol. The second-order valence-electron chi connectivity index (χ2n) is 13.2. The van der Waals surface area contributed by atoms with E-state index in [1.165, 1.54) is 25.0 Å². The molecule has 0 aliphatic heterocycles. The van der Waals surface area contributed by atoms with Gasteiger partial charge in [0.15, 0.2) is 0 Å². The van der Waals surface area contributed by atoms with Gasteiger partial charge in [0.05, 0.1) is 6.04 Å². The maximum Gasteiger partial charge on any atom is 0.237 e. The Morgan fingerprint density at radius 1 is 0.949 bits per heavy atom. The zero-order chi connectivity index (χ0) is 27.0. The number of hydrogen-bond acceptors (Lipinski definition) is 4. The minimum Gasteiger partial charge on any atom is -0.354 e. The zero-order valence-electron chi connectivity index (χ0n) is 22.9. The van der Waals surface area contributed by atoms with Crippen molar-refractivity contribution < 1.29 is 14.0 Å². The van der Waals surface area contributed by atoms with E-state index in [2.05, 4.69) is 10.3 Å². The van der Waals surface area contributed by atoms with Crippen molar-refractivity contribution in [2.45, 2.75) is 88.5 Å². The van der Waals surface area contributed by atoms with Crippen LogP contribution >= 0.6 is 0 Å². The van der Waals surface area contributed by atoms with E-state index in [1.807, 2.05) is 24.3 Å². The molecule has 5 fully saturated rings. The summed E-state index contributed by atoms with van der Waals surface area (Å²) in [5, 5.41) is 3.28. The molecule has 0 spiro atoms. The highest BCUT2D eigenvalue weighted by Gasteiger charge is 2.59. The molecule has 5 aliphatic rings. The minimum atomic E-state index is -0.552. The highest BCUT2D eigenvalue weighted by atomic mass is 19.1. The Labute approximate surface area is 231 Å². The van der Waals surface area contributed by atoms with Gasteiger partial charge in [0.1, 0.15) is 11.6 Å². The number of nitrogens with two attached hydrogens (primary N) is 1. The van der Waals surface area contributed by atoms with Gasteiger partial charge in [-0.1, -0.05) is 37.8 Å². The molecule has 0 radical (unpaired) electrons. The first-order valence-corrected chi connectivity index (χ1v) is 15.1. The largest absolute Gasteiger partial charge is 0.354 e. The molecule has 2 aromatic rings. The van der Waals surface area contributed by atoms with Crippen molar-refractivity contribution >= 4 is 11.7 Å². The van der Waals surface area contributed by atoms with Gasteiger partial charge in [-0.3, -0.25) is 14.6 Å². The number of Topliss-reactive ketones (excluding diaryl/α,β-unsaturated/α-hetero) is 1. The third-order valence-electron chi connectivity index (χ3n) is 10.9. The van der Waals surface area contributed by atoms with Crippen molar-refractivity contribution in [2.75, 3.05) is 6.54 Å². The van der Waals surface area contributed by atoms with Crippen molar-refractivity contribution in [2.24, 2.45) is 34.8 Å². The van der Waals surface area contributed by atoms with Crippen LogP contribution in [0.5, 0.6) is 0 Å². The number of hydrogen-bond donors (Lipinski definition) is 2. The number of nitrogens with zero attached hydrogens (tertiary/aromatic N) is 1. The monoisotopic (exact) mass is 531 g/mol. The van der Waals surface area contributed by atoms with Gasteiger partial charge in [0.2, 0.25) is 5.91 Å². The number of amides is 1. The number of carbonyl (C=O) groups excluding carboxylic acids is 2. The van der Waals surface area contributed by atoms with E-state index in [9.17, 15) is 14.0 Å². The first-order chi connectivity index (χ1) is 18.9. The Bertz CT molecular complexity index is 1160. The Hall–Kier alpha value is -2.60. The Kier molecular flexibility index (Phi) is 7.34. The van der Waals surface area contributed by atoms with Crippen molar-refractivity contribution in [1.29, 1.82) is 0 Å². The standard InChI is InChI=1S/C33H42FN3O2/c34-27-7-5-26(6-8-27)32(11-3-1-2-4-12-32)21-37-31(39)30(35)29-24-15-23-16-25(29)20-33(18-23,19-24)28(38)17-22-9-13-36-14-10-22/h5-10,13-14,23-25,29-30H,1-4,11-12,15-21,35H2,(H,37,39). The molecule has 39 heavy (non-hydrogen) atoms. The number of nitrogens with one attached hydrogen (secondary N) is 1. The summed E-state index contributed by atoms with van der Waals surface area (Å²) in [5.41, 5.74) is 8.50. The summed E-state index contributed by atoms with van der Waals surface area (Å²) < 4.78 is 13.7. The van der Waals surface area contributed by atoms with E-state index in [0.29, 0.717) is 36.5 Å². The Morgan fingerprint density at radius 2 is 1.59 bits per heavy atom. The summed E-state index contributed by atoms with van der Waals surface area (Å²) in [4.78, 5) is 31.3. The molecule has 208 valence electrons. The molecule has 5 nitrogen and oxygen atoms in total. The minimum absolute atomic E-state index is 0.0598. The first kappa shape index (κ1) is 26.6. The average Bonchev–Trinajstić information content (AvgIpc) is 3.18. The third kappa shape index (κ3) is 5.17. The molecular formula is C33H42FN3O2. The fraction of sp³-hybridized carbons (Fsp3) is 0.606. The van der Waals surface area contributed by atoms with Gasteiger partial charge in [-0.25, -0.2) is 4.39 Å². The molecule has 3 unspecified atom stereocenters. The molecule has 5 aliphatic carbocycles. The van der Waals surface area contributed by atoms with Gasteiger partial charge in [-0.05, 0) is 104 Å². The molecule has 4 bridgehead atoms. The maximum absolute atomic E-state index is 13.7. The first-order valence-electron chi connectivity index (χ1n) is 15.1. The maximum atomic E-state index is 13.7. The fourth-order valence-electron chi connectivity index (χ4n) is 9.19. The topological polar surface area (TPSA) is 85.1 Å². The van der Waals surface area contributed by atoms with Crippen LogP contribution in [-0.4, -0.2) is 29.3 Å². The van der Waals surface area contributed by atoms with Gasteiger partial charge in [-0.15, -0.1) is 0 Å². The summed E-state index contributed by atoms with van der Waals surface area (Å²) in [6.45, 7) is 0.546. The van der Waals surface area contributed by atoms with Crippen LogP contribution in [0.3, 0.4) is 0 Å². The second kappa shape index (κ2) is 10.8. The molecule has 7 rings (SSSR count). The summed E-state index contributed by atoms with van der Waals surface area (Å²) in [7, 11) is 0. The number of benzene rings is 1. The molecule has 6 heteroatoms. The average molecular weight is 532 g/mol. The van der Waals surface area contributed by atoms with Crippen molar-refractivity contribution in [3.8, 4) is 0 Å². The third-order valence-corrected chi connectivity index (χ3v) is 10.9. The van der Waals surface area contributed by atoms with Crippen LogP contribution in [0.15, 0.2) is 48.8 Å². The lowest BCUT2D eigenvalue weighted by atomic mass is 9.44. The Morgan fingerprint density at radius 3 is 2.23 bits per heavy atom. The molecule has 0 saturated heterocycles. The van der Waals surface area contributed by atoms with Crippen LogP contribution < -0.4 is 11.1 Å². The Balaban J connectivity index is 1.14. The van der Waals surface area contributed by atoms with Gasteiger partial charge >= 0.3 is 0 Å². The number of ketones is 1. The van der Waals surface area contributed by atoms with E-state index in [1.54, 1.807) is 12.4 Å². The number of carbonyl (C=O) groups is 2. The van der Waals surface area contributed by atoms with Crippen LogP contribution in [0.4, 0.5) is 4.39 Å². The lowest BCUT2D eigenvalue weighted by Crippen LogP contribution is -2.61. The number of halogens is 1. The van der Waals surface area contributed by atoms with Crippen LogP contribution in [0, 0.1) is 34.9 Å². The van der Waals surface area contributed by atoms with Crippen LogP contribution in [0.1, 0.15) is 81.8 Å².